The van der Waals surface area contributed by atoms with Crippen molar-refractivity contribution in [3.63, 3.8) is 0 Å². The number of benzene rings is 2. The van der Waals surface area contributed by atoms with E-state index in [0.717, 1.165) is 11.1 Å². The van der Waals surface area contributed by atoms with Crippen molar-refractivity contribution in [1.29, 1.82) is 0 Å². The molecule has 0 atom stereocenters. The third-order valence-corrected chi connectivity index (χ3v) is 3.56. The van der Waals surface area contributed by atoms with E-state index in [9.17, 15) is 9.59 Å². The van der Waals surface area contributed by atoms with Gasteiger partial charge in [-0.3, -0.25) is 9.59 Å². The van der Waals surface area contributed by atoms with Crippen LogP contribution >= 0.6 is 0 Å². The van der Waals surface area contributed by atoms with E-state index in [1.807, 2.05) is 19.9 Å². The van der Waals surface area contributed by atoms with Gasteiger partial charge in [0.05, 0.1) is 20.8 Å². The fraction of sp³-hybridized carbons (Fsp3) is 0.263. The summed E-state index contributed by atoms with van der Waals surface area (Å²) in [5, 5.41) is 5.33. The normalized spacial score (nSPS) is 10.1. The van der Waals surface area contributed by atoms with Gasteiger partial charge in [-0.05, 0) is 38.1 Å². The van der Waals surface area contributed by atoms with E-state index in [4.69, 9.17) is 9.47 Å². The zero-order chi connectivity index (χ0) is 18.4. The van der Waals surface area contributed by atoms with Crippen LogP contribution in [0.3, 0.4) is 0 Å². The average Bonchev–Trinajstić information content (AvgIpc) is 2.58. The number of aryl methyl sites for hydroxylation is 2. The Kier molecular flexibility index (Phi) is 6.00. The molecule has 0 aromatic heterocycles. The molecule has 0 aliphatic carbocycles. The van der Waals surface area contributed by atoms with Crippen LogP contribution in [0.5, 0.6) is 11.5 Å². The van der Waals surface area contributed by atoms with Crippen LogP contribution in [0.25, 0.3) is 0 Å². The van der Waals surface area contributed by atoms with E-state index in [0.29, 0.717) is 22.7 Å². The summed E-state index contributed by atoms with van der Waals surface area (Å²) in [7, 11) is 3.06. The van der Waals surface area contributed by atoms with Crippen molar-refractivity contribution < 1.29 is 19.1 Å². The third kappa shape index (κ3) is 4.97. The summed E-state index contributed by atoms with van der Waals surface area (Å²) in [5.74, 6) is 0.474. The maximum absolute atomic E-state index is 12.2. The summed E-state index contributed by atoms with van der Waals surface area (Å²) in [5.41, 5.74) is 3.10. The van der Waals surface area contributed by atoms with Crippen LogP contribution in [0.4, 0.5) is 5.69 Å². The van der Waals surface area contributed by atoms with Gasteiger partial charge in [0.2, 0.25) is 5.91 Å². The molecule has 0 radical (unpaired) electrons. The van der Waals surface area contributed by atoms with Crippen molar-refractivity contribution in [2.45, 2.75) is 13.8 Å². The number of nitrogens with one attached hydrogen (secondary N) is 2. The van der Waals surface area contributed by atoms with Crippen molar-refractivity contribution in [2.75, 3.05) is 26.1 Å². The van der Waals surface area contributed by atoms with Gasteiger partial charge in [0.25, 0.3) is 5.91 Å². The van der Waals surface area contributed by atoms with Gasteiger partial charge in [-0.2, -0.15) is 0 Å². The number of hydrogen-bond acceptors (Lipinski definition) is 4. The molecule has 0 aliphatic heterocycles. The first-order valence-corrected chi connectivity index (χ1v) is 7.81. The number of carbonyl (C=O) groups is 2. The first-order valence-electron chi connectivity index (χ1n) is 7.81. The minimum absolute atomic E-state index is 0.125. The Labute approximate surface area is 147 Å². The maximum atomic E-state index is 12.2. The van der Waals surface area contributed by atoms with Gasteiger partial charge in [-0.1, -0.05) is 17.2 Å². The molecule has 0 unspecified atom stereocenters. The number of hydrogen-bond donors (Lipinski definition) is 2. The standard InChI is InChI=1S/C19H22N2O4/c1-12-7-13(2)9-14(8-12)19(23)20-11-18(22)21-15-5-6-16(24-3)17(10-15)25-4/h5-10H,11H2,1-4H3,(H,20,23)(H,21,22). The van der Waals surface area contributed by atoms with Gasteiger partial charge in [0.15, 0.2) is 11.5 Å². The number of anilines is 1. The highest BCUT2D eigenvalue weighted by Gasteiger charge is 2.10. The lowest BCUT2D eigenvalue weighted by Gasteiger charge is -2.11. The molecule has 2 aromatic rings. The van der Waals surface area contributed by atoms with Gasteiger partial charge < -0.3 is 20.1 Å². The van der Waals surface area contributed by atoms with Gasteiger partial charge in [-0.25, -0.2) is 0 Å². The van der Waals surface area contributed by atoms with Crippen LogP contribution in [-0.2, 0) is 4.79 Å². The maximum Gasteiger partial charge on any atom is 0.251 e. The molecule has 0 bridgehead atoms. The van der Waals surface area contributed by atoms with Crippen molar-refractivity contribution in [1.82, 2.24) is 5.32 Å². The predicted molar refractivity (Wildman–Crippen MR) is 96.4 cm³/mol. The lowest BCUT2D eigenvalue weighted by Crippen LogP contribution is -2.32. The molecule has 2 rings (SSSR count). The topological polar surface area (TPSA) is 76.7 Å². The lowest BCUT2D eigenvalue weighted by atomic mass is 10.1. The monoisotopic (exact) mass is 342 g/mol. The van der Waals surface area contributed by atoms with Crippen molar-refractivity contribution in [3.8, 4) is 11.5 Å². The van der Waals surface area contributed by atoms with E-state index < -0.39 is 0 Å². The molecule has 132 valence electrons. The second-order valence-corrected chi connectivity index (χ2v) is 5.68. The van der Waals surface area contributed by atoms with Crippen molar-refractivity contribution in [3.05, 3.63) is 53.1 Å². The average molecular weight is 342 g/mol. The summed E-state index contributed by atoms with van der Waals surface area (Å²) in [6.07, 6.45) is 0. The molecule has 0 saturated carbocycles. The molecule has 0 spiro atoms. The Morgan fingerprint density at radius 2 is 1.56 bits per heavy atom. The summed E-state index contributed by atoms with van der Waals surface area (Å²) < 4.78 is 10.3. The fourth-order valence-corrected chi connectivity index (χ4v) is 2.49. The molecule has 6 heteroatoms. The summed E-state index contributed by atoms with van der Waals surface area (Å²) >= 11 is 0. The Hall–Kier alpha value is -3.02. The number of methoxy groups -OCH3 is 2. The zero-order valence-electron chi connectivity index (χ0n) is 14.8. The lowest BCUT2D eigenvalue weighted by molar-refractivity contribution is -0.115. The number of rotatable bonds is 6. The SMILES string of the molecule is COc1ccc(NC(=O)CNC(=O)c2cc(C)cc(C)c2)cc1OC. The van der Waals surface area contributed by atoms with E-state index in [1.54, 1.807) is 37.4 Å². The first-order chi connectivity index (χ1) is 11.9. The molecule has 2 amide bonds. The summed E-state index contributed by atoms with van der Waals surface area (Å²) in [6, 6.07) is 10.6. The van der Waals surface area contributed by atoms with E-state index in [1.165, 1.54) is 7.11 Å². The van der Waals surface area contributed by atoms with Gasteiger partial charge >= 0.3 is 0 Å². The van der Waals surface area contributed by atoms with Crippen LogP contribution in [-0.4, -0.2) is 32.6 Å². The molecular weight excluding hydrogens is 320 g/mol. The van der Waals surface area contributed by atoms with Gasteiger partial charge in [0, 0.05) is 17.3 Å². The van der Waals surface area contributed by atoms with Crippen LogP contribution in [0.1, 0.15) is 21.5 Å². The summed E-state index contributed by atoms with van der Waals surface area (Å²) in [4.78, 5) is 24.2. The second-order valence-electron chi connectivity index (χ2n) is 5.68. The molecule has 2 N–H and O–H groups in total. The largest absolute Gasteiger partial charge is 0.493 e. The van der Waals surface area contributed by atoms with Gasteiger partial charge in [-0.15, -0.1) is 0 Å². The smallest absolute Gasteiger partial charge is 0.251 e. The minimum Gasteiger partial charge on any atom is -0.493 e. The highest BCUT2D eigenvalue weighted by Crippen LogP contribution is 2.29. The van der Waals surface area contributed by atoms with E-state index >= 15 is 0 Å². The molecule has 6 nitrogen and oxygen atoms in total. The van der Waals surface area contributed by atoms with Crippen LogP contribution < -0.4 is 20.1 Å². The predicted octanol–water partition coefficient (Wildman–Crippen LogP) is 2.69. The minimum atomic E-state index is -0.329. The van der Waals surface area contributed by atoms with Crippen LogP contribution in [0, 0.1) is 13.8 Å². The van der Waals surface area contributed by atoms with Gasteiger partial charge in [0.1, 0.15) is 0 Å². The first kappa shape index (κ1) is 18.3. The van der Waals surface area contributed by atoms with Crippen molar-refractivity contribution in [2.24, 2.45) is 0 Å². The van der Waals surface area contributed by atoms with Crippen LogP contribution in [0.15, 0.2) is 36.4 Å². The Balaban J connectivity index is 1.95. The Morgan fingerprint density at radius 3 is 2.16 bits per heavy atom. The zero-order valence-corrected chi connectivity index (χ0v) is 14.8. The Bertz CT molecular complexity index is 767. The fourth-order valence-electron chi connectivity index (χ4n) is 2.49. The highest BCUT2D eigenvalue weighted by molar-refractivity contribution is 5.99. The summed E-state index contributed by atoms with van der Waals surface area (Å²) in [6.45, 7) is 3.72. The van der Waals surface area contributed by atoms with E-state index in [2.05, 4.69) is 10.6 Å². The molecule has 2 aromatic carbocycles. The molecule has 0 saturated heterocycles. The molecule has 0 fully saturated rings. The van der Waals surface area contributed by atoms with Crippen molar-refractivity contribution >= 4 is 17.5 Å². The molecule has 0 aliphatic rings. The number of amides is 2. The Morgan fingerprint density at radius 1 is 0.920 bits per heavy atom. The third-order valence-electron chi connectivity index (χ3n) is 3.56. The number of carbonyl (C=O) groups excluding carboxylic acids is 2. The molecular formula is C19H22N2O4. The molecule has 0 heterocycles. The second kappa shape index (κ2) is 8.19. The number of ether oxygens (including phenoxy) is 2. The van der Waals surface area contributed by atoms with Crippen LogP contribution in [0.2, 0.25) is 0 Å². The highest BCUT2D eigenvalue weighted by atomic mass is 16.5. The molecule has 25 heavy (non-hydrogen) atoms. The quantitative estimate of drug-likeness (QED) is 0.846. The van der Waals surface area contributed by atoms with E-state index in [-0.39, 0.29) is 18.4 Å².